The summed E-state index contributed by atoms with van der Waals surface area (Å²) < 4.78 is 0. The number of likely N-dealkylation sites (tertiary alicyclic amines) is 1. The van der Waals surface area contributed by atoms with Crippen molar-refractivity contribution in [3.05, 3.63) is 42.5 Å². The summed E-state index contributed by atoms with van der Waals surface area (Å²) in [7, 11) is 0. The number of ketones is 1. The number of piperidine rings is 1. The topological polar surface area (TPSA) is 32.3 Å². The van der Waals surface area contributed by atoms with Crippen LogP contribution in [0.5, 0.6) is 0 Å². The van der Waals surface area contributed by atoms with Gasteiger partial charge >= 0.3 is 0 Å². The van der Waals surface area contributed by atoms with Crippen LogP contribution in [0, 0.1) is 11.8 Å². The van der Waals surface area contributed by atoms with E-state index in [9.17, 15) is 4.79 Å². The maximum absolute atomic E-state index is 12.7. The molecule has 4 rings (SSSR count). The Morgan fingerprint density at radius 2 is 2.26 bits per heavy atom. The highest BCUT2D eigenvalue weighted by molar-refractivity contribution is 5.86. The van der Waals surface area contributed by atoms with Gasteiger partial charge in [-0.25, -0.2) is 0 Å². The fraction of sp³-hybridized carbons (Fsp3) is 0.550. The minimum absolute atomic E-state index is 0.0897. The molecule has 1 aliphatic carbocycles. The Balaban J connectivity index is 1.83. The quantitative estimate of drug-likeness (QED) is 0.870. The molecule has 1 saturated heterocycles. The third-order valence-electron chi connectivity index (χ3n) is 6.39. The van der Waals surface area contributed by atoms with Crippen molar-refractivity contribution in [2.24, 2.45) is 11.8 Å². The van der Waals surface area contributed by atoms with Gasteiger partial charge in [-0.1, -0.05) is 31.2 Å². The van der Waals surface area contributed by atoms with E-state index in [1.54, 1.807) is 0 Å². The average molecular weight is 310 g/mol. The number of anilines is 1. The summed E-state index contributed by atoms with van der Waals surface area (Å²) >= 11 is 0. The lowest BCUT2D eigenvalue weighted by molar-refractivity contribution is -0.130. The van der Waals surface area contributed by atoms with E-state index in [2.05, 4.69) is 48.0 Å². The first-order valence-electron chi connectivity index (χ1n) is 8.92. The Hall–Kier alpha value is -1.61. The van der Waals surface area contributed by atoms with Gasteiger partial charge in [0, 0.05) is 42.6 Å². The Kier molecular flexibility index (Phi) is 3.56. The predicted molar refractivity (Wildman–Crippen MR) is 93.7 cm³/mol. The number of hydrogen-bond acceptors (Lipinski definition) is 3. The molecule has 0 radical (unpaired) electrons. The average Bonchev–Trinajstić information content (AvgIpc) is 2.87. The van der Waals surface area contributed by atoms with E-state index >= 15 is 0 Å². The fourth-order valence-electron chi connectivity index (χ4n) is 5.44. The highest BCUT2D eigenvalue weighted by Crippen LogP contribution is 2.56. The number of carbonyl (C=O) groups excluding carboxylic acids is 1. The molecule has 1 aromatic rings. The van der Waals surface area contributed by atoms with Crippen LogP contribution < -0.4 is 5.32 Å². The summed E-state index contributed by atoms with van der Waals surface area (Å²) in [5, 5.41) is 3.75. The molecule has 3 aliphatic rings. The van der Waals surface area contributed by atoms with Crippen molar-refractivity contribution in [1.82, 2.24) is 4.90 Å². The molecule has 23 heavy (non-hydrogen) atoms. The molecule has 0 unspecified atom stereocenters. The van der Waals surface area contributed by atoms with E-state index in [-0.39, 0.29) is 17.4 Å². The van der Waals surface area contributed by atoms with Crippen molar-refractivity contribution in [2.45, 2.75) is 37.6 Å². The molecule has 122 valence electrons. The van der Waals surface area contributed by atoms with Crippen LogP contribution in [-0.2, 0) is 10.2 Å². The van der Waals surface area contributed by atoms with Gasteiger partial charge in [0.15, 0.2) is 0 Å². The van der Waals surface area contributed by atoms with Crippen LogP contribution in [0.2, 0.25) is 0 Å². The second-order valence-electron chi connectivity index (χ2n) is 7.40. The van der Waals surface area contributed by atoms with E-state index in [0.29, 0.717) is 11.7 Å². The van der Waals surface area contributed by atoms with Gasteiger partial charge in [0.1, 0.15) is 5.78 Å². The number of para-hydroxylation sites is 1. The van der Waals surface area contributed by atoms with E-state index in [1.165, 1.54) is 11.3 Å². The molecule has 1 aromatic carbocycles. The third kappa shape index (κ3) is 2.02. The van der Waals surface area contributed by atoms with E-state index in [4.69, 9.17) is 0 Å². The molecule has 3 nitrogen and oxygen atoms in total. The van der Waals surface area contributed by atoms with Crippen LogP contribution in [0.1, 0.15) is 31.7 Å². The van der Waals surface area contributed by atoms with Gasteiger partial charge in [0.05, 0.1) is 0 Å². The maximum atomic E-state index is 12.7. The zero-order chi connectivity index (χ0) is 16.0. The number of nitrogens with one attached hydrogen (secondary N) is 1. The highest BCUT2D eigenvalue weighted by atomic mass is 16.1. The predicted octanol–water partition coefficient (Wildman–Crippen LogP) is 3.23. The lowest BCUT2D eigenvalue weighted by atomic mass is 9.55. The van der Waals surface area contributed by atoms with Gasteiger partial charge < -0.3 is 5.32 Å². The van der Waals surface area contributed by atoms with Crippen LogP contribution >= 0.6 is 0 Å². The number of hydrogen-bond donors (Lipinski definition) is 1. The van der Waals surface area contributed by atoms with Crippen molar-refractivity contribution in [3.8, 4) is 0 Å². The van der Waals surface area contributed by atoms with Gasteiger partial charge in [-0.05, 0) is 36.9 Å². The van der Waals surface area contributed by atoms with E-state index in [0.717, 1.165) is 38.9 Å². The SMILES string of the molecule is C=CCN1CC[C@@H]2CC(=O)[C@H](CC)[C@@H]3Nc4ccccc4[C@]23C1. The molecule has 1 saturated carbocycles. The lowest BCUT2D eigenvalue weighted by Crippen LogP contribution is -2.63. The molecule has 2 fully saturated rings. The van der Waals surface area contributed by atoms with Crippen LogP contribution in [-0.4, -0.2) is 36.4 Å². The van der Waals surface area contributed by atoms with Crippen molar-refractivity contribution < 1.29 is 4.79 Å². The number of benzene rings is 1. The normalized spacial score (nSPS) is 35.9. The smallest absolute Gasteiger partial charge is 0.138 e. The molecular formula is C20H26N2O. The van der Waals surface area contributed by atoms with Gasteiger partial charge in [-0.3, -0.25) is 9.69 Å². The van der Waals surface area contributed by atoms with Gasteiger partial charge in [-0.15, -0.1) is 6.58 Å². The number of carbonyl (C=O) groups is 1. The Morgan fingerprint density at radius 1 is 1.43 bits per heavy atom. The summed E-state index contributed by atoms with van der Waals surface area (Å²) in [5.41, 5.74) is 2.78. The number of fused-ring (bicyclic) bond motifs is 1. The fourth-order valence-corrected chi connectivity index (χ4v) is 5.44. The molecule has 0 aromatic heterocycles. The zero-order valence-electron chi connectivity index (χ0n) is 13.9. The van der Waals surface area contributed by atoms with Crippen LogP contribution in [0.3, 0.4) is 0 Å². The van der Waals surface area contributed by atoms with Crippen LogP contribution in [0.25, 0.3) is 0 Å². The zero-order valence-corrected chi connectivity index (χ0v) is 13.9. The third-order valence-corrected chi connectivity index (χ3v) is 6.39. The van der Waals surface area contributed by atoms with E-state index in [1.807, 2.05) is 6.08 Å². The number of nitrogens with zero attached hydrogens (tertiary/aromatic N) is 1. The van der Waals surface area contributed by atoms with Gasteiger partial charge in [0.25, 0.3) is 0 Å². The minimum Gasteiger partial charge on any atom is -0.380 e. The summed E-state index contributed by atoms with van der Waals surface area (Å²) in [5.74, 6) is 1.08. The number of Topliss-reactive ketones (excluding diaryl/α,β-unsaturated/α-hetero) is 1. The van der Waals surface area contributed by atoms with Gasteiger partial charge in [-0.2, -0.15) is 0 Å². The second-order valence-corrected chi connectivity index (χ2v) is 7.40. The van der Waals surface area contributed by atoms with Gasteiger partial charge in [0.2, 0.25) is 0 Å². The Morgan fingerprint density at radius 3 is 3.04 bits per heavy atom. The molecule has 2 heterocycles. The van der Waals surface area contributed by atoms with Crippen LogP contribution in [0.4, 0.5) is 5.69 Å². The number of rotatable bonds is 3. The molecule has 3 heteroatoms. The summed E-state index contributed by atoms with van der Waals surface area (Å²) in [6.07, 6.45) is 4.81. The molecular weight excluding hydrogens is 284 g/mol. The Bertz CT molecular complexity index is 640. The summed E-state index contributed by atoms with van der Waals surface area (Å²) in [6, 6.07) is 8.97. The summed E-state index contributed by atoms with van der Waals surface area (Å²) in [6.45, 7) is 9.14. The molecule has 0 amide bonds. The van der Waals surface area contributed by atoms with Crippen molar-refractivity contribution in [3.63, 3.8) is 0 Å². The standard InChI is InChI=1S/C20H26N2O/c1-3-10-22-11-9-14-12-18(23)15(4-2)19-20(14,13-22)16-7-5-6-8-17(16)21-19/h3,5-8,14-15,19,21H,1,4,9-13H2,2H3/t14-,15+,19+,20+/m1/s1. The highest BCUT2D eigenvalue weighted by Gasteiger charge is 2.60. The molecule has 1 spiro atoms. The Labute approximate surface area is 138 Å². The van der Waals surface area contributed by atoms with Crippen molar-refractivity contribution >= 4 is 11.5 Å². The lowest BCUT2D eigenvalue weighted by Gasteiger charge is -2.54. The molecule has 0 bridgehead atoms. The first kappa shape index (κ1) is 14.9. The minimum atomic E-state index is 0.0897. The maximum Gasteiger partial charge on any atom is 0.138 e. The van der Waals surface area contributed by atoms with Crippen molar-refractivity contribution in [1.29, 1.82) is 0 Å². The first-order chi connectivity index (χ1) is 11.2. The first-order valence-corrected chi connectivity index (χ1v) is 8.92. The monoisotopic (exact) mass is 310 g/mol. The van der Waals surface area contributed by atoms with E-state index < -0.39 is 0 Å². The molecule has 4 atom stereocenters. The largest absolute Gasteiger partial charge is 0.380 e. The molecule has 1 N–H and O–H groups in total. The summed E-state index contributed by atoms with van der Waals surface area (Å²) in [4.78, 5) is 15.2. The van der Waals surface area contributed by atoms with Crippen LogP contribution in [0.15, 0.2) is 36.9 Å². The van der Waals surface area contributed by atoms with Crippen molar-refractivity contribution in [2.75, 3.05) is 25.0 Å². The molecule has 2 aliphatic heterocycles. The second kappa shape index (κ2) is 5.48.